The van der Waals surface area contributed by atoms with Gasteiger partial charge in [-0.1, -0.05) is 18.2 Å². The van der Waals surface area contributed by atoms with Crippen LogP contribution in [0.2, 0.25) is 0 Å². The van der Waals surface area contributed by atoms with E-state index in [2.05, 4.69) is 109 Å². The first-order valence-electron chi connectivity index (χ1n) is 9.23. The Labute approximate surface area is 224 Å². The number of hydrogen-bond donors (Lipinski definition) is 1. The number of nitrogens with one attached hydrogen (secondary N) is 1. The van der Waals surface area contributed by atoms with Gasteiger partial charge in [0.2, 0.25) is 0 Å². The summed E-state index contributed by atoms with van der Waals surface area (Å²) in [5.74, 6) is 2.83. The number of rotatable bonds is 0. The molecule has 4 rings (SSSR count). The summed E-state index contributed by atoms with van der Waals surface area (Å²) in [6.45, 7) is 12.5. The maximum absolute atomic E-state index is 2.99. The first-order chi connectivity index (χ1) is 13.4. The minimum atomic E-state index is 0. The largest absolute Gasteiger partial charge is 0.477 e. The summed E-state index contributed by atoms with van der Waals surface area (Å²) in [6, 6.07) is 24.7. The van der Waals surface area contributed by atoms with Crippen molar-refractivity contribution in [3.05, 3.63) is 106 Å². The zero-order valence-electron chi connectivity index (χ0n) is 20.7. The molecule has 32 heavy (non-hydrogen) atoms. The van der Waals surface area contributed by atoms with E-state index in [1.807, 2.05) is 24.3 Å². The van der Waals surface area contributed by atoms with Crippen LogP contribution in [0.5, 0.6) is 0 Å². The van der Waals surface area contributed by atoms with Gasteiger partial charge in [-0.2, -0.15) is 70.5 Å². The fourth-order valence-electron chi connectivity index (χ4n) is 2.00. The molecule has 0 fully saturated rings. The molecule has 3 aromatic carbocycles. The van der Waals surface area contributed by atoms with Gasteiger partial charge < -0.3 is 31.7 Å². The van der Waals surface area contributed by atoms with Gasteiger partial charge in [-0.25, -0.2) is 0 Å². The van der Waals surface area contributed by atoms with Crippen LogP contribution in [0.3, 0.4) is 0 Å². The molecule has 0 aliphatic rings. The van der Waals surface area contributed by atoms with E-state index >= 15 is 0 Å². The molecule has 0 unspecified atom stereocenters. The molecule has 0 amide bonds. The average molecular weight is 524 g/mol. The topological polar surface area (TPSA) is 15.8 Å². The molecule has 5 heteroatoms. The third-order valence-corrected chi connectivity index (χ3v) is 2.94. The molecule has 0 aliphatic carbocycles. The fraction of sp³-hybridized carbons (Fsp3) is 0.222. The Hall–Kier alpha value is -0.899. The Balaban J connectivity index is -0.000000101. The van der Waals surface area contributed by atoms with E-state index in [0.29, 0.717) is 0 Å². The molecule has 1 heterocycles. The van der Waals surface area contributed by atoms with Crippen molar-refractivity contribution in [3.8, 4) is 0 Å². The van der Waals surface area contributed by atoms with Crippen LogP contribution in [-0.4, -0.2) is 12.6 Å². The van der Waals surface area contributed by atoms with Gasteiger partial charge in [0.15, 0.2) is 0 Å². The van der Waals surface area contributed by atoms with Crippen molar-refractivity contribution >= 4 is 54.1 Å². The third kappa shape index (κ3) is 21.0. The molecule has 1 nitrogen and oxygen atoms in total. The van der Waals surface area contributed by atoms with Gasteiger partial charge >= 0.3 is 26.8 Å². The van der Waals surface area contributed by atoms with E-state index in [9.17, 15) is 0 Å². The van der Waals surface area contributed by atoms with Crippen LogP contribution in [-0.2, 0) is 19.2 Å². The van der Waals surface area contributed by atoms with Crippen molar-refractivity contribution in [2.24, 2.45) is 0 Å². The number of halogens is 2. The van der Waals surface area contributed by atoms with Gasteiger partial charge in [0, 0.05) is 0 Å². The van der Waals surface area contributed by atoms with Crippen molar-refractivity contribution in [1.82, 2.24) is 4.98 Å². The van der Waals surface area contributed by atoms with Crippen molar-refractivity contribution in [3.63, 3.8) is 0 Å². The van der Waals surface area contributed by atoms with E-state index in [4.69, 9.17) is 0 Å². The Morgan fingerprint density at radius 1 is 0.750 bits per heavy atom. The molecule has 1 aromatic heterocycles. The summed E-state index contributed by atoms with van der Waals surface area (Å²) in [6.07, 6.45) is 2.91. The van der Waals surface area contributed by atoms with E-state index in [1.165, 1.54) is 28.0 Å². The molecule has 0 aliphatic heterocycles. The van der Waals surface area contributed by atoms with Crippen molar-refractivity contribution in [2.75, 3.05) is 0 Å². The SMILES string of the molecule is C[C-](C)C.C[C-](C)C.Cl.Cl.[CH3-].[CH3-].[Si]=[Ti].[c-]1cc2ccccc2[nH]1.c1ccc2[cH-]ccc2c1. The van der Waals surface area contributed by atoms with Crippen LogP contribution in [0.4, 0.5) is 0 Å². The molecule has 0 saturated heterocycles. The Morgan fingerprint density at radius 2 is 1.19 bits per heavy atom. The van der Waals surface area contributed by atoms with Crippen molar-refractivity contribution in [1.29, 1.82) is 0 Å². The number of aromatic nitrogens is 1. The predicted octanol–water partition coefficient (Wildman–Crippen LogP) is 9.13. The summed E-state index contributed by atoms with van der Waals surface area (Å²) in [4.78, 5) is 2.99. The zero-order valence-corrected chi connectivity index (χ0v) is 24.9. The molecule has 2 radical (unpaired) electrons. The second kappa shape index (κ2) is 26.4. The summed E-state index contributed by atoms with van der Waals surface area (Å²) in [5.41, 5.74) is 1.15. The third-order valence-electron chi connectivity index (χ3n) is 2.94. The summed E-state index contributed by atoms with van der Waals surface area (Å²) in [5, 5.41) is 3.88. The number of hydrogen-bond acceptors (Lipinski definition) is 0. The van der Waals surface area contributed by atoms with Gasteiger partial charge in [-0.15, -0.1) is 78.3 Å². The standard InChI is InChI=1S/C9H7.C8H6N.2C4H9.2CH3.2ClH.Si.Ti/c1-2-5-9-7-3-6-8(9)4-1;1-2-4-8-7(3-1)5-6-9-8;2*1-4(2)3;;;;;;/h1-7H;1-5,9H;2*1-3H3;2*1H3;2*1H;;/q6*-1;;;;. The van der Waals surface area contributed by atoms with Gasteiger partial charge in [0.05, 0.1) is 0 Å². The Bertz CT molecular complexity index is 734. The quantitative estimate of drug-likeness (QED) is 0.174. The smallest absolute Gasteiger partial charge is 0.0745 e. The van der Waals surface area contributed by atoms with Gasteiger partial charge in [-0.3, -0.25) is 0 Å². The normalized spacial score (nSPS) is 8.09. The van der Waals surface area contributed by atoms with Crippen molar-refractivity contribution in [2.45, 2.75) is 41.5 Å². The number of fused-ring (bicyclic) bond motifs is 2. The predicted molar refractivity (Wildman–Crippen MR) is 150 cm³/mol. The molecule has 180 valence electrons. The van der Waals surface area contributed by atoms with E-state index in [0.717, 1.165) is 5.52 Å². The van der Waals surface area contributed by atoms with E-state index in [1.54, 1.807) is 19.2 Å². The maximum atomic E-state index is 2.99. The van der Waals surface area contributed by atoms with Crippen LogP contribution < -0.4 is 0 Å². The second-order valence-corrected chi connectivity index (χ2v) is 7.16. The minimum absolute atomic E-state index is 0. The number of benzene rings is 2. The van der Waals surface area contributed by atoms with Gasteiger partial charge in [0.25, 0.3) is 0 Å². The molecular weight excluding hydrogens is 485 g/mol. The summed E-state index contributed by atoms with van der Waals surface area (Å²) in [7, 11) is 2.97. The first-order valence-corrected chi connectivity index (χ1v) is 12.1. The van der Waals surface area contributed by atoms with Gasteiger partial charge in [-0.05, 0) is 0 Å². The van der Waals surface area contributed by atoms with Crippen molar-refractivity contribution < 1.29 is 19.2 Å². The molecule has 0 bridgehead atoms. The zero-order chi connectivity index (χ0) is 21.4. The van der Waals surface area contributed by atoms with Crippen LogP contribution in [0, 0.1) is 32.9 Å². The molecule has 1 N–H and O–H groups in total. The van der Waals surface area contributed by atoms with Crippen LogP contribution >= 0.6 is 24.8 Å². The van der Waals surface area contributed by atoms with Crippen LogP contribution in [0.25, 0.3) is 21.7 Å². The molecule has 4 aromatic rings. The Kier molecular flexibility index (Phi) is 34.1. The number of para-hydroxylation sites is 1. The first kappa shape index (κ1) is 41.4. The van der Waals surface area contributed by atoms with Gasteiger partial charge in [0.1, 0.15) is 0 Å². The van der Waals surface area contributed by atoms with Crippen LogP contribution in [0.1, 0.15) is 41.5 Å². The second-order valence-electron chi connectivity index (χ2n) is 7.16. The maximum Gasteiger partial charge on any atom is -0.0745 e. The molecule has 0 spiro atoms. The minimum Gasteiger partial charge on any atom is -0.477 e. The average Bonchev–Trinajstić information content (AvgIpc) is 3.32. The summed E-state index contributed by atoms with van der Waals surface area (Å²) < 4.78 is 0. The van der Waals surface area contributed by atoms with E-state index < -0.39 is 0 Å². The van der Waals surface area contributed by atoms with Crippen LogP contribution in [0.15, 0.2) is 72.8 Å². The molecular formula is C27H39Cl2NSiTi-6. The Morgan fingerprint density at radius 3 is 1.66 bits per heavy atom. The fourth-order valence-corrected chi connectivity index (χ4v) is 2.00. The summed E-state index contributed by atoms with van der Waals surface area (Å²) >= 11 is 1.81. The van der Waals surface area contributed by atoms with E-state index in [-0.39, 0.29) is 39.7 Å². The molecule has 0 atom stereocenters. The number of H-pyrrole nitrogens is 1. The number of aromatic amines is 1. The molecule has 0 saturated carbocycles. The monoisotopic (exact) mass is 523 g/mol.